The number of carbonyl (C=O) groups is 1. The fourth-order valence-corrected chi connectivity index (χ4v) is 4.06. The molecule has 1 N–H and O–H groups in total. The Morgan fingerprint density at radius 3 is 2.41 bits per heavy atom. The van der Waals surface area contributed by atoms with Crippen molar-refractivity contribution >= 4 is 22.6 Å². The molecule has 0 bridgehead atoms. The zero-order valence-electron chi connectivity index (χ0n) is 18.8. The molecule has 1 aliphatic heterocycles. The topological polar surface area (TPSA) is 69.6 Å². The number of halogens is 1. The van der Waals surface area contributed by atoms with Crippen molar-refractivity contribution in [3.8, 4) is 11.4 Å². The van der Waals surface area contributed by atoms with E-state index in [0.29, 0.717) is 55.1 Å². The van der Waals surface area contributed by atoms with Gasteiger partial charge in [0, 0.05) is 37.1 Å². The number of aliphatic hydroxyl groups excluding tert-OH is 1. The van der Waals surface area contributed by atoms with Gasteiger partial charge in [0.15, 0.2) is 5.82 Å². The third-order valence-corrected chi connectivity index (χ3v) is 5.65. The van der Waals surface area contributed by atoms with Crippen molar-refractivity contribution in [3.05, 3.63) is 54.3 Å². The first-order valence-corrected chi connectivity index (χ1v) is 11.0. The second-order valence-electron chi connectivity index (χ2n) is 9.49. The molecule has 0 saturated carbocycles. The minimum Gasteiger partial charge on any atom is -0.383 e. The minimum atomic E-state index is -1.000. The second kappa shape index (κ2) is 8.82. The zero-order valence-corrected chi connectivity index (χ0v) is 18.8. The summed E-state index contributed by atoms with van der Waals surface area (Å²) in [4.78, 5) is 25.9. The van der Waals surface area contributed by atoms with Crippen molar-refractivity contribution in [1.82, 2.24) is 14.9 Å². The molecular formula is C25H29FN4O2. The number of hydrogen-bond donors (Lipinski definition) is 1. The lowest BCUT2D eigenvalue weighted by molar-refractivity contribution is -0.142. The van der Waals surface area contributed by atoms with Crippen LogP contribution >= 0.6 is 0 Å². The van der Waals surface area contributed by atoms with Crippen LogP contribution in [-0.2, 0) is 4.79 Å². The number of rotatable bonds is 4. The van der Waals surface area contributed by atoms with Gasteiger partial charge in [-0.05, 0) is 30.0 Å². The van der Waals surface area contributed by atoms with Crippen LogP contribution in [0.25, 0.3) is 22.3 Å². The van der Waals surface area contributed by atoms with Gasteiger partial charge in [0.2, 0.25) is 0 Å². The van der Waals surface area contributed by atoms with E-state index in [4.69, 9.17) is 4.98 Å². The maximum atomic E-state index is 14.0. The van der Waals surface area contributed by atoms with Gasteiger partial charge in [0.05, 0.1) is 5.52 Å². The Hall–Kier alpha value is -3.06. The van der Waals surface area contributed by atoms with E-state index in [9.17, 15) is 14.3 Å². The van der Waals surface area contributed by atoms with E-state index in [0.717, 1.165) is 5.56 Å². The summed E-state index contributed by atoms with van der Waals surface area (Å²) in [6.07, 6.45) is -0.581. The molecule has 7 heteroatoms. The molecule has 32 heavy (non-hydrogen) atoms. The van der Waals surface area contributed by atoms with Crippen LogP contribution in [0.2, 0.25) is 0 Å². The van der Waals surface area contributed by atoms with E-state index in [1.807, 2.05) is 51.1 Å². The molecule has 0 unspecified atom stereocenters. The number of amides is 1. The van der Waals surface area contributed by atoms with Crippen molar-refractivity contribution in [2.45, 2.75) is 33.3 Å². The van der Waals surface area contributed by atoms with Crippen LogP contribution in [0.5, 0.6) is 0 Å². The smallest absolute Gasteiger partial charge is 0.251 e. The van der Waals surface area contributed by atoms with Gasteiger partial charge < -0.3 is 14.9 Å². The van der Waals surface area contributed by atoms with Gasteiger partial charge in [-0.15, -0.1) is 0 Å². The molecule has 1 saturated heterocycles. The molecule has 0 spiro atoms. The average Bonchev–Trinajstić information content (AvgIpc) is 2.77. The van der Waals surface area contributed by atoms with Crippen molar-refractivity contribution in [3.63, 3.8) is 0 Å². The van der Waals surface area contributed by atoms with E-state index in [1.54, 1.807) is 11.0 Å². The predicted octanol–water partition coefficient (Wildman–Crippen LogP) is 3.88. The van der Waals surface area contributed by atoms with E-state index in [-0.39, 0.29) is 17.1 Å². The molecule has 168 valence electrons. The van der Waals surface area contributed by atoms with Crippen LogP contribution in [0, 0.1) is 11.2 Å². The highest BCUT2D eigenvalue weighted by molar-refractivity contribution is 5.91. The van der Waals surface area contributed by atoms with Crippen LogP contribution in [0.15, 0.2) is 48.5 Å². The SMILES string of the molecule is CC(C)(C)C[C@@H](O)C(=O)N1CCN(c2nc(-c3ccccc3)nc3ccc(F)cc23)CC1. The highest BCUT2D eigenvalue weighted by atomic mass is 19.1. The molecule has 2 heterocycles. The highest BCUT2D eigenvalue weighted by Crippen LogP contribution is 2.29. The summed E-state index contributed by atoms with van der Waals surface area (Å²) < 4.78 is 14.0. The summed E-state index contributed by atoms with van der Waals surface area (Å²) in [6, 6.07) is 14.2. The van der Waals surface area contributed by atoms with Gasteiger partial charge in [0.1, 0.15) is 17.7 Å². The lowest BCUT2D eigenvalue weighted by Gasteiger charge is -2.37. The number of aliphatic hydroxyl groups is 1. The third-order valence-electron chi connectivity index (χ3n) is 5.65. The Labute approximate surface area is 187 Å². The van der Waals surface area contributed by atoms with Crippen LogP contribution in [-0.4, -0.2) is 58.2 Å². The molecular weight excluding hydrogens is 407 g/mol. The van der Waals surface area contributed by atoms with Crippen LogP contribution in [0.1, 0.15) is 27.2 Å². The Morgan fingerprint density at radius 2 is 1.75 bits per heavy atom. The summed E-state index contributed by atoms with van der Waals surface area (Å²) in [5, 5.41) is 11.0. The lowest BCUT2D eigenvalue weighted by Crippen LogP contribution is -2.52. The average molecular weight is 437 g/mol. The number of aromatic nitrogens is 2. The lowest BCUT2D eigenvalue weighted by atomic mass is 9.89. The molecule has 0 radical (unpaired) electrons. The number of hydrogen-bond acceptors (Lipinski definition) is 5. The van der Waals surface area contributed by atoms with Crippen LogP contribution in [0.4, 0.5) is 10.2 Å². The van der Waals surface area contributed by atoms with Gasteiger partial charge in [-0.25, -0.2) is 14.4 Å². The van der Waals surface area contributed by atoms with Crippen molar-refractivity contribution in [2.75, 3.05) is 31.1 Å². The van der Waals surface area contributed by atoms with E-state index >= 15 is 0 Å². The van der Waals surface area contributed by atoms with E-state index < -0.39 is 6.10 Å². The standard InChI is InChI=1S/C25H29FN4O2/c1-25(2,3)16-21(31)24(32)30-13-11-29(12-14-30)23-19-15-18(26)9-10-20(19)27-22(28-23)17-7-5-4-6-8-17/h4-10,15,21,31H,11-14,16H2,1-3H3/t21-/m1/s1. The molecule has 1 aromatic heterocycles. The third kappa shape index (κ3) is 4.88. The van der Waals surface area contributed by atoms with Crippen molar-refractivity contribution < 1.29 is 14.3 Å². The van der Waals surface area contributed by atoms with Crippen molar-refractivity contribution in [1.29, 1.82) is 0 Å². The predicted molar refractivity (Wildman–Crippen MR) is 124 cm³/mol. The summed E-state index contributed by atoms with van der Waals surface area (Å²) in [7, 11) is 0. The van der Waals surface area contributed by atoms with Gasteiger partial charge in [-0.2, -0.15) is 0 Å². The Kier molecular flexibility index (Phi) is 6.11. The molecule has 4 rings (SSSR count). The maximum Gasteiger partial charge on any atom is 0.251 e. The van der Waals surface area contributed by atoms with Crippen LogP contribution in [0.3, 0.4) is 0 Å². The fourth-order valence-electron chi connectivity index (χ4n) is 4.06. The van der Waals surface area contributed by atoms with Gasteiger partial charge >= 0.3 is 0 Å². The Morgan fingerprint density at radius 1 is 1.06 bits per heavy atom. The molecule has 1 amide bonds. The molecule has 2 aromatic carbocycles. The van der Waals surface area contributed by atoms with E-state index in [2.05, 4.69) is 9.88 Å². The monoisotopic (exact) mass is 436 g/mol. The zero-order chi connectivity index (χ0) is 22.9. The summed E-state index contributed by atoms with van der Waals surface area (Å²) in [5.74, 6) is 0.673. The first kappa shape index (κ1) is 22.1. The largest absolute Gasteiger partial charge is 0.383 e. The number of fused-ring (bicyclic) bond motifs is 1. The number of benzene rings is 2. The number of carbonyl (C=O) groups excluding carboxylic acids is 1. The summed E-state index contributed by atoms with van der Waals surface area (Å²) >= 11 is 0. The maximum absolute atomic E-state index is 14.0. The van der Waals surface area contributed by atoms with Gasteiger partial charge in [-0.1, -0.05) is 51.1 Å². The van der Waals surface area contributed by atoms with Gasteiger partial charge in [-0.3, -0.25) is 4.79 Å². The van der Waals surface area contributed by atoms with E-state index in [1.165, 1.54) is 12.1 Å². The number of nitrogens with zero attached hydrogens (tertiary/aromatic N) is 4. The number of piperazine rings is 1. The minimum absolute atomic E-state index is 0.130. The molecule has 0 aliphatic carbocycles. The Balaban J connectivity index is 1.59. The molecule has 1 aliphatic rings. The highest BCUT2D eigenvalue weighted by Gasteiger charge is 2.30. The van der Waals surface area contributed by atoms with Crippen LogP contribution < -0.4 is 4.90 Å². The second-order valence-corrected chi connectivity index (χ2v) is 9.49. The first-order chi connectivity index (χ1) is 15.2. The first-order valence-electron chi connectivity index (χ1n) is 11.0. The summed E-state index contributed by atoms with van der Waals surface area (Å²) in [6.45, 7) is 8.06. The quantitative estimate of drug-likeness (QED) is 0.672. The van der Waals surface area contributed by atoms with Gasteiger partial charge in [0.25, 0.3) is 5.91 Å². The molecule has 3 aromatic rings. The summed E-state index contributed by atoms with van der Waals surface area (Å²) in [5.41, 5.74) is 1.43. The normalized spacial score (nSPS) is 15.8. The fraction of sp³-hybridized carbons (Fsp3) is 0.400. The molecule has 6 nitrogen and oxygen atoms in total. The van der Waals surface area contributed by atoms with Crippen molar-refractivity contribution in [2.24, 2.45) is 5.41 Å². The molecule has 1 atom stereocenters. The molecule has 1 fully saturated rings. The Bertz CT molecular complexity index is 1110. The number of anilines is 1.